The molecule has 1 aromatic heterocycles. The number of fused-ring (bicyclic) bond motifs is 3. The number of nitrogens with zero attached hydrogens (tertiary/aromatic N) is 3. The summed E-state index contributed by atoms with van der Waals surface area (Å²) in [5.41, 5.74) is 8.84. The lowest BCUT2D eigenvalue weighted by Gasteiger charge is -2.34. The molecule has 6 heteroatoms. The summed E-state index contributed by atoms with van der Waals surface area (Å²) in [5, 5.41) is 0. The van der Waals surface area contributed by atoms with Gasteiger partial charge in [0.2, 0.25) is 5.95 Å². The molecule has 3 aromatic rings. The number of para-hydroxylation sites is 1. The van der Waals surface area contributed by atoms with Crippen molar-refractivity contribution in [2.45, 2.75) is 25.0 Å². The normalized spacial score (nSPS) is 22.4. The van der Waals surface area contributed by atoms with E-state index in [2.05, 4.69) is 45.1 Å². The van der Waals surface area contributed by atoms with Gasteiger partial charge in [-0.1, -0.05) is 36.4 Å². The monoisotopic (exact) mass is 347 g/mol. The fraction of sp³-hybridized carbons (Fsp3) is 0.300. The number of H-pyrrole nitrogens is 1. The molecular formula is C20H21N5O. The van der Waals surface area contributed by atoms with Gasteiger partial charge in [0.1, 0.15) is 5.52 Å². The van der Waals surface area contributed by atoms with E-state index in [1.807, 2.05) is 12.1 Å². The lowest BCUT2D eigenvalue weighted by molar-refractivity contribution is 0.100. The molecule has 2 fully saturated rings. The van der Waals surface area contributed by atoms with Gasteiger partial charge in [-0.15, -0.1) is 0 Å². The predicted octanol–water partition coefficient (Wildman–Crippen LogP) is 2.12. The van der Waals surface area contributed by atoms with E-state index in [4.69, 9.17) is 10.7 Å². The summed E-state index contributed by atoms with van der Waals surface area (Å²) in [6, 6.07) is 17.1. The van der Waals surface area contributed by atoms with Crippen LogP contribution >= 0.6 is 0 Å². The summed E-state index contributed by atoms with van der Waals surface area (Å²) >= 11 is 0. The molecule has 2 aliphatic heterocycles. The quantitative estimate of drug-likeness (QED) is 0.758. The van der Waals surface area contributed by atoms with Gasteiger partial charge in [0.05, 0.1) is 11.1 Å². The van der Waals surface area contributed by atoms with Crippen molar-refractivity contribution in [1.82, 2.24) is 14.9 Å². The Morgan fingerprint density at radius 3 is 2.69 bits per heavy atom. The number of carbonyl (C=O) groups excluding carboxylic acids is 1. The minimum atomic E-state index is -0.439. The van der Waals surface area contributed by atoms with E-state index in [9.17, 15) is 4.79 Å². The van der Waals surface area contributed by atoms with Gasteiger partial charge in [0.15, 0.2) is 0 Å². The summed E-state index contributed by atoms with van der Waals surface area (Å²) in [6.07, 6.45) is 1.16. The molecule has 0 radical (unpaired) electrons. The standard InChI is InChI=1S/C20H21N5O/c21-19(26)16-7-4-8-17-18(16)23-20(22-17)25-12-14-9-15(25)11-24(14)10-13-5-2-1-3-6-13/h1-8,14-15H,9-12H2,(H2,21,26)(H,22,23)/t14-,15+/m0/s1. The van der Waals surface area contributed by atoms with Gasteiger partial charge < -0.3 is 15.6 Å². The van der Waals surface area contributed by atoms with Crippen LogP contribution < -0.4 is 10.6 Å². The summed E-state index contributed by atoms with van der Waals surface area (Å²) < 4.78 is 0. The van der Waals surface area contributed by atoms with Gasteiger partial charge in [-0.2, -0.15) is 0 Å². The van der Waals surface area contributed by atoms with Crippen molar-refractivity contribution in [3.05, 3.63) is 59.7 Å². The second kappa shape index (κ2) is 5.85. The second-order valence-corrected chi connectivity index (χ2v) is 7.24. The van der Waals surface area contributed by atoms with E-state index in [0.717, 1.165) is 37.5 Å². The highest BCUT2D eigenvalue weighted by Gasteiger charge is 2.44. The highest BCUT2D eigenvalue weighted by atomic mass is 16.1. The molecule has 0 aliphatic carbocycles. The van der Waals surface area contributed by atoms with Crippen LogP contribution in [0.25, 0.3) is 11.0 Å². The molecule has 0 saturated carbocycles. The molecular weight excluding hydrogens is 326 g/mol. The van der Waals surface area contributed by atoms with E-state index in [1.54, 1.807) is 6.07 Å². The maximum Gasteiger partial charge on any atom is 0.250 e. The van der Waals surface area contributed by atoms with Gasteiger partial charge in [0, 0.05) is 31.7 Å². The molecule has 2 aromatic carbocycles. The lowest BCUT2D eigenvalue weighted by atomic mass is 10.2. The van der Waals surface area contributed by atoms with Crippen LogP contribution in [0.1, 0.15) is 22.3 Å². The van der Waals surface area contributed by atoms with Crippen molar-refractivity contribution < 1.29 is 4.79 Å². The Kier molecular flexibility index (Phi) is 3.46. The first kappa shape index (κ1) is 15.4. The van der Waals surface area contributed by atoms with E-state index >= 15 is 0 Å². The highest BCUT2D eigenvalue weighted by molar-refractivity contribution is 6.04. The Morgan fingerprint density at radius 1 is 1.12 bits per heavy atom. The number of aromatic amines is 1. The minimum Gasteiger partial charge on any atom is -0.366 e. The molecule has 26 heavy (non-hydrogen) atoms. The number of hydrogen-bond donors (Lipinski definition) is 2. The van der Waals surface area contributed by atoms with Crippen molar-refractivity contribution in [3.8, 4) is 0 Å². The van der Waals surface area contributed by atoms with Crippen LogP contribution in [0.5, 0.6) is 0 Å². The first-order valence-electron chi connectivity index (χ1n) is 9.02. The number of carbonyl (C=O) groups is 1. The number of benzene rings is 2. The molecule has 0 spiro atoms. The van der Waals surface area contributed by atoms with Crippen molar-refractivity contribution in [3.63, 3.8) is 0 Å². The van der Waals surface area contributed by atoms with E-state index in [0.29, 0.717) is 23.2 Å². The number of piperazine rings is 1. The maximum absolute atomic E-state index is 11.6. The van der Waals surface area contributed by atoms with E-state index < -0.39 is 5.91 Å². The van der Waals surface area contributed by atoms with Crippen LogP contribution in [-0.4, -0.2) is 45.9 Å². The Hall–Kier alpha value is -2.86. The SMILES string of the molecule is NC(=O)c1cccc2[nH]c(N3C[C@@H]4C[C@@H]3CN4Cc3ccccc3)nc12. The fourth-order valence-corrected chi connectivity index (χ4v) is 4.37. The zero-order valence-corrected chi connectivity index (χ0v) is 14.4. The Balaban J connectivity index is 1.37. The summed E-state index contributed by atoms with van der Waals surface area (Å²) in [4.78, 5) is 24.6. The number of likely N-dealkylation sites (tertiary alicyclic amines) is 1. The van der Waals surface area contributed by atoms with Gasteiger partial charge in [-0.3, -0.25) is 9.69 Å². The number of anilines is 1. The molecule has 6 nitrogen and oxygen atoms in total. The maximum atomic E-state index is 11.6. The van der Waals surface area contributed by atoms with Gasteiger partial charge in [0.25, 0.3) is 5.91 Å². The number of nitrogens with two attached hydrogens (primary N) is 1. The second-order valence-electron chi connectivity index (χ2n) is 7.24. The largest absolute Gasteiger partial charge is 0.366 e. The van der Waals surface area contributed by atoms with Crippen molar-refractivity contribution in [1.29, 1.82) is 0 Å². The van der Waals surface area contributed by atoms with E-state index in [-0.39, 0.29) is 0 Å². The molecule has 0 unspecified atom stereocenters. The van der Waals surface area contributed by atoms with Crippen LogP contribution in [0.15, 0.2) is 48.5 Å². The Morgan fingerprint density at radius 2 is 1.96 bits per heavy atom. The zero-order valence-electron chi connectivity index (χ0n) is 14.4. The molecule has 5 rings (SSSR count). The molecule has 2 saturated heterocycles. The number of primary amides is 1. The highest BCUT2D eigenvalue weighted by Crippen LogP contribution is 2.35. The van der Waals surface area contributed by atoms with Crippen molar-refractivity contribution in [2.24, 2.45) is 5.73 Å². The average Bonchev–Trinajstić information content (AvgIpc) is 3.35. The number of nitrogens with one attached hydrogen (secondary N) is 1. The summed E-state index contributed by atoms with van der Waals surface area (Å²) in [7, 11) is 0. The number of imidazole rings is 1. The molecule has 2 bridgehead atoms. The van der Waals surface area contributed by atoms with Gasteiger partial charge >= 0.3 is 0 Å². The molecule has 2 atom stereocenters. The van der Waals surface area contributed by atoms with Gasteiger partial charge in [-0.25, -0.2) is 4.98 Å². The molecule has 3 heterocycles. The van der Waals surface area contributed by atoms with Crippen molar-refractivity contribution >= 4 is 22.9 Å². The average molecular weight is 347 g/mol. The number of hydrogen-bond acceptors (Lipinski definition) is 4. The Bertz CT molecular complexity index is 967. The number of amides is 1. The molecule has 1 amide bonds. The molecule has 2 aliphatic rings. The number of rotatable bonds is 4. The third-order valence-electron chi connectivity index (χ3n) is 5.62. The molecule has 132 valence electrons. The predicted molar refractivity (Wildman–Crippen MR) is 101 cm³/mol. The lowest BCUT2D eigenvalue weighted by Crippen LogP contribution is -2.46. The first-order chi connectivity index (χ1) is 12.7. The van der Waals surface area contributed by atoms with Gasteiger partial charge in [-0.05, 0) is 24.1 Å². The van der Waals surface area contributed by atoms with Crippen LogP contribution in [0.2, 0.25) is 0 Å². The summed E-state index contributed by atoms with van der Waals surface area (Å²) in [6.45, 7) is 3.00. The Labute approximate surface area is 151 Å². The van der Waals surface area contributed by atoms with Crippen LogP contribution in [0, 0.1) is 0 Å². The third-order valence-corrected chi connectivity index (χ3v) is 5.62. The smallest absolute Gasteiger partial charge is 0.250 e. The first-order valence-corrected chi connectivity index (χ1v) is 9.02. The van der Waals surface area contributed by atoms with Crippen LogP contribution in [0.4, 0.5) is 5.95 Å². The summed E-state index contributed by atoms with van der Waals surface area (Å²) in [5.74, 6) is 0.409. The van der Waals surface area contributed by atoms with Crippen molar-refractivity contribution in [2.75, 3.05) is 18.0 Å². The van der Waals surface area contributed by atoms with E-state index in [1.165, 1.54) is 5.56 Å². The number of aromatic nitrogens is 2. The zero-order chi connectivity index (χ0) is 17.7. The minimum absolute atomic E-state index is 0.439. The van der Waals surface area contributed by atoms with Crippen LogP contribution in [0.3, 0.4) is 0 Å². The van der Waals surface area contributed by atoms with Crippen LogP contribution in [-0.2, 0) is 6.54 Å². The topological polar surface area (TPSA) is 78.2 Å². The fourth-order valence-electron chi connectivity index (χ4n) is 4.37. The third kappa shape index (κ3) is 2.45. The molecule has 3 N–H and O–H groups in total.